The number of rotatable bonds is 7. The zero-order valence-corrected chi connectivity index (χ0v) is 13.9. The number of carbonyl (C=O) groups excluding carboxylic acids is 1. The fraction of sp³-hybridized carbons (Fsp3) is 0.333. The van der Waals surface area contributed by atoms with Crippen molar-refractivity contribution < 1.29 is 4.79 Å². The van der Waals surface area contributed by atoms with E-state index in [1.54, 1.807) is 12.5 Å². The molecule has 7 heteroatoms. The van der Waals surface area contributed by atoms with Gasteiger partial charge in [-0.3, -0.25) is 4.79 Å². The van der Waals surface area contributed by atoms with Crippen LogP contribution in [0.4, 0.5) is 5.69 Å². The lowest BCUT2D eigenvalue weighted by atomic mass is 10.1. The van der Waals surface area contributed by atoms with Gasteiger partial charge in [-0.05, 0) is 24.5 Å². The van der Waals surface area contributed by atoms with Crippen LogP contribution in [0.1, 0.15) is 18.4 Å². The van der Waals surface area contributed by atoms with Crippen molar-refractivity contribution in [2.24, 2.45) is 0 Å². The Bertz CT molecular complexity index is 546. The third-order valence-corrected chi connectivity index (χ3v) is 3.15. The van der Waals surface area contributed by atoms with Crippen LogP contribution in [0.5, 0.6) is 0 Å². The molecule has 122 valence electrons. The van der Waals surface area contributed by atoms with Crippen LogP contribution >= 0.6 is 24.8 Å². The molecule has 0 bridgehead atoms. The minimum atomic E-state index is 0. The number of benzene rings is 1. The predicted octanol–water partition coefficient (Wildman–Crippen LogP) is 2.45. The van der Waals surface area contributed by atoms with Crippen molar-refractivity contribution in [3.05, 3.63) is 48.5 Å². The second-order valence-corrected chi connectivity index (χ2v) is 4.70. The Labute approximate surface area is 143 Å². The maximum absolute atomic E-state index is 11.7. The van der Waals surface area contributed by atoms with E-state index < -0.39 is 0 Å². The maximum Gasteiger partial charge on any atom is 0.220 e. The molecule has 1 amide bonds. The number of aryl methyl sites for hydroxylation is 2. The largest absolute Gasteiger partial charge is 0.399 e. The number of halogens is 2. The van der Waals surface area contributed by atoms with E-state index in [2.05, 4.69) is 10.3 Å². The van der Waals surface area contributed by atoms with Crippen LogP contribution in [0.2, 0.25) is 0 Å². The van der Waals surface area contributed by atoms with Crippen molar-refractivity contribution in [3.63, 3.8) is 0 Å². The third-order valence-electron chi connectivity index (χ3n) is 3.15. The number of hydrogen-bond donors (Lipinski definition) is 2. The Balaban J connectivity index is 0.00000220. The second-order valence-electron chi connectivity index (χ2n) is 4.70. The first-order valence-corrected chi connectivity index (χ1v) is 6.81. The molecule has 0 aliphatic rings. The summed E-state index contributed by atoms with van der Waals surface area (Å²) in [6.45, 7) is 1.55. The zero-order chi connectivity index (χ0) is 14.2. The molecule has 5 nitrogen and oxygen atoms in total. The zero-order valence-electron chi connectivity index (χ0n) is 12.3. The van der Waals surface area contributed by atoms with Crippen LogP contribution in [-0.4, -0.2) is 22.0 Å². The Kier molecular flexibility index (Phi) is 10.1. The van der Waals surface area contributed by atoms with E-state index in [0.29, 0.717) is 19.4 Å². The van der Waals surface area contributed by atoms with Crippen molar-refractivity contribution >= 4 is 36.4 Å². The van der Waals surface area contributed by atoms with Gasteiger partial charge in [0.25, 0.3) is 0 Å². The Morgan fingerprint density at radius 2 is 2.05 bits per heavy atom. The molecule has 1 heterocycles. The summed E-state index contributed by atoms with van der Waals surface area (Å²) in [4.78, 5) is 15.7. The minimum absolute atomic E-state index is 0. The normalized spacial score (nSPS) is 9.45. The van der Waals surface area contributed by atoms with E-state index in [1.165, 1.54) is 0 Å². The fourth-order valence-corrected chi connectivity index (χ4v) is 2.01. The van der Waals surface area contributed by atoms with Gasteiger partial charge in [0.15, 0.2) is 0 Å². The van der Waals surface area contributed by atoms with Gasteiger partial charge in [-0.1, -0.05) is 18.2 Å². The Hall–Kier alpha value is -1.72. The molecular weight excluding hydrogens is 323 g/mol. The highest BCUT2D eigenvalue weighted by atomic mass is 35.5. The highest BCUT2D eigenvalue weighted by Gasteiger charge is 2.03. The van der Waals surface area contributed by atoms with E-state index in [4.69, 9.17) is 5.73 Å². The standard InChI is InChI=1S/C15H20N4O.2ClH/c16-14-5-2-1-4-13(14)6-7-15(20)18-8-3-10-19-11-9-17-12-19;;/h1-2,4-5,9,11-12H,3,6-8,10,16H2,(H,18,20);2*1H. The number of nitrogen functional groups attached to an aromatic ring is 1. The first kappa shape index (κ1) is 20.3. The van der Waals surface area contributed by atoms with Gasteiger partial charge in [0.2, 0.25) is 5.91 Å². The molecule has 2 rings (SSSR count). The van der Waals surface area contributed by atoms with Gasteiger partial charge in [0, 0.05) is 37.6 Å². The number of nitrogens with one attached hydrogen (secondary N) is 1. The highest BCUT2D eigenvalue weighted by Crippen LogP contribution is 2.12. The average molecular weight is 345 g/mol. The number of anilines is 1. The number of amides is 1. The van der Waals surface area contributed by atoms with E-state index in [9.17, 15) is 4.79 Å². The number of nitrogens with zero attached hydrogens (tertiary/aromatic N) is 2. The number of hydrogen-bond acceptors (Lipinski definition) is 3. The average Bonchev–Trinajstić information content (AvgIpc) is 2.96. The van der Waals surface area contributed by atoms with Crippen molar-refractivity contribution in [1.82, 2.24) is 14.9 Å². The van der Waals surface area contributed by atoms with Gasteiger partial charge in [0.1, 0.15) is 0 Å². The van der Waals surface area contributed by atoms with Crippen molar-refractivity contribution in [2.45, 2.75) is 25.8 Å². The molecule has 0 unspecified atom stereocenters. The van der Waals surface area contributed by atoms with Gasteiger partial charge in [0.05, 0.1) is 6.33 Å². The van der Waals surface area contributed by atoms with Gasteiger partial charge in [-0.25, -0.2) is 4.98 Å². The van der Waals surface area contributed by atoms with E-state index in [-0.39, 0.29) is 30.7 Å². The lowest BCUT2D eigenvalue weighted by molar-refractivity contribution is -0.121. The summed E-state index contributed by atoms with van der Waals surface area (Å²) in [6.07, 6.45) is 7.50. The monoisotopic (exact) mass is 344 g/mol. The van der Waals surface area contributed by atoms with Crippen molar-refractivity contribution in [1.29, 1.82) is 0 Å². The summed E-state index contributed by atoms with van der Waals surface area (Å²) in [6, 6.07) is 7.66. The molecule has 0 fully saturated rings. The topological polar surface area (TPSA) is 72.9 Å². The van der Waals surface area contributed by atoms with Crippen LogP contribution < -0.4 is 11.1 Å². The summed E-state index contributed by atoms with van der Waals surface area (Å²) in [5.74, 6) is 0.0684. The molecule has 0 aliphatic carbocycles. The van der Waals surface area contributed by atoms with Crippen LogP contribution in [0.3, 0.4) is 0 Å². The molecular formula is C15H22Cl2N4O. The Morgan fingerprint density at radius 3 is 2.73 bits per heavy atom. The van der Waals surface area contributed by atoms with Crippen LogP contribution in [-0.2, 0) is 17.8 Å². The van der Waals surface area contributed by atoms with Crippen LogP contribution in [0, 0.1) is 0 Å². The molecule has 22 heavy (non-hydrogen) atoms. The van der Waals surface area contributed by atoms with E-state index >= 15 is 0 Å². The van der Waals surface area contributed by atoms with E-state index in [0.717, 1.165) is 24.2 Å². The summed E-state index contributed by atoms with van der Waals surface area (Å²) >= 11 is 0. The van der Waals surface area contributed by atoms with Crippen LogP contribution in [0.25, 0.3) is 0 Å². The smallest absolute Gasteiger partial charge is 0.220 e. The quantitative estimate of drug-likeness (QED) is 0.598. The molecule has 2 aromatic rings. The van der Waals surface area contributed by atoms with Gasteiger partial charge in [-0.2, -0.15) is 0 Å². The molecule has 0 saturated heterocycles. The summed E-state index contributed by atoms with van der Waals surface area (Å²) in [7, 11) is 0. The molecule has 0 radical (unpaired) electrons. The third kappa shape index (κ3) is 6.83. The molecule has 1 aromatic carbocycles. The summed E-state index contributed by atoms with van der Waals surface area (Å²) in [5.41, 5.74) is 7.62. The highest BCUT2D eigenvalue weighted by molar-refractivity contribution is 5.85. The van der Waals surface area contributed by atoms with Gasteiger partial charge >= 0.3 is 0 Å². The number of para-hydroxylation sites is 1. The molecule has 0 saturated carbocycles. The SMILES string of the molecule is Cl.Cl.Nc1ccccc1CCC(=O)NCCCn1ccnc1. The summed E-state index contributed by atoms with van der Waals surface area (Å²) < 4.78 is 2.00. The lowest BCUT2D eigenvalue weighted by Crippen LogP contribution is -2.25. The van der Waals surface area contributed by atoms with Crippen molar-refractivity contribution in [3.8, 4) is 0 Å². The molecule has 1 aromatic heterocycles. The van der Waals surface area contributed by atoms with Crippen molar-refractivity contribution in [2.75, 3.05) is 12.3 Å². The van der Waals surface area contributed by atoms with Crippen LogP contribution in [0.15, 0.2) is 43.0 Å². The maximum atomic E-state index is 11.7. The predicted molar refractivity (Wildman–Crippen MR) is 93.5 cm³/mol. The number of aromatic nitrogens is 2. The number of imidazole rings is 1. The van der Waals surface area contributed by atoms with E-state index in [1.807, 2.05) is 35.0 Å². The minimum Gasteiger partial charge on any atom is -0.399 e. The first-order chi connectivity index (χ1) is 9.75. The van der Waals surface area contributed by atoms with Gasteiger partial charge in [-0.15, -0.1) is 24.8 Å². The molecule has 0 atom stereocenters. The fourth-order valence-electron chi connectivity index (χ4n) is 2.01. The Morgan fingerprint density at radius 1 is 1.27 bits per heavy atom. The molecule has 0 aliphatic heterocycles. The number of nitrogens with two attached hydrogens (primary N) is 1. The lowest BCUT2D eigenvalue weighted by Gasteiger charge is -2.07. The first-order valence-electron chi connectivity index (χ1n) is 6.81. The molecule has 0 spiro atoms. The second kappa shape index (κ2) is 10.9. The number of carbonyl (C=O) groups is 1. The summed E-state index contributed by atoms with van der Waals surface area (Å²) in [5, 5.41) is 2.92. The van der Waals surface area contributed by atoms with Gasteiger partial charge < -0.3 is 15.6 Å². The molecule has 3 N–H and O–H groups in total.